The van der Waals surface area contributed by atoms with Crippen LogP contribution < -0.4 is 16.0 Å². The molecule has 2 heterocycles. The molecule has 1 saturated carbocycles. The molecular formula is C27H22N4O6. The maximum Gasteiger partial charge on any atom is 0.313 e. The van der Waals surface area contributed by atoms with Crippen LogP contribution in [0.15, 0.2) is 42.5 Å². The Bertz CT molecular complexity index is 1430. The number of carbonyl (C=O) groups is 6. The molecule has 3 aliphatic rings. The maximum absolute atomic E-state index is 12.9. The first kappa shape index (κ1) is 23.9. The first-order valence-corrected chi connectivity index (χ1v) is 11.9. The Morgan fingerprint density at radius 3 is 2.49 bits per heavy atom. The Morgan fingerprint density at radius 1 is 0.946 bits per heavy atom. The highest BCUT2D eigenvalue weighted by molar-refractivity contribution is 6.39. The minimum atomic E-state index is -1.04. The molecule has 10 nitrogen and oxygen atoms in total. The van der Waals surface area contributed by atoms with Gasteiger partial charge < -0.3 is 10.6 Å². The van der Waals surface area contributed by atoms with Gasteiger partial charge in [-0.1, -0.05) is 24.0 Å². The molecule has 0 radical (unpaired) electrons. The van der Waals surface area contributed by atoms with E-state index in [0.717, 1.165) is 23.3 Å². The third kappa shape index (κ3) is 4.97. The van der Waals surface area contributed by atoms with Crippen molar-refractivity contribution < 1.29 is 28.8 Å². The molecule has 2 aromatic rings. The van der Waals surface area contributed by atoms with Gasteiger partial charge in [0.1, 0.15) is 6.04 Å². The minimum Gasteiger partial charge on any atom is -0.337 e. The first-order valence-electron chi connectivity index (χ1n) is 11.9. The van der Waals surface area contributed by atoms with Crippen molar-refractivity contribution in [1.29, 1.82) is 0 Å². The summed E-state index contributed by atoms with van der Waals surface area (Å²) in [6.45, 7) is -0.110. The number of benzene rings is 2. The molecule has 37 heavy (non-hydrogen) atoms. The summed E-state index contributed by atoms with van der Waals surface area (Å²) in [6, 6.07) is 10.8. The second kappa shape index (κ2) is 9.70. The summed E-state index contributed by atoms with van der Waals surface area (Å²) in [5.41, 5.74) is 2.37. The number of hydrogen-bond donors (Lipinski definition) is 3. The fourth-order valence-corrected chi connectivity index (χ4v) is 4.37. The number of imide groups is 2. The number of rotatable bonds is 4. The van der Waals surface area contributed by atoms with Crippen LogP contribution in [0.3, 0.4) is 0 Å². The summed E-state index contributed by atoms with van der Waals surface area (Å²) >= 11 is 0. The van der Waals surface area contributed by atoms with Crippen molar-refractivity contribution in [3.8, 4) is 11.8 Å². The topological polar surface area (TPSA) is 142 Å². The van der Waals surface area contributed by atoms with Crippen LogP contribution in [0.1, 0.15) is 63.4 Å². The smallest absolute Gasteiger partial charge is 0.313 e. The largest absolute Gasteiger partial charge is 0.337 e. The first-order chi connectivity index (χ1) is 17.8. The third-order valence-corrected chi connectivity index (χ3v) is 6.41. The van der Waals surface area contributed by atoms with Gasteiger partial charge in [0.05, 0.1) is 17.7 Å². The van der Waals surface area contributed by atoms with Crippen molar-refractivity contribution in [3.05, 3.63) is 64.7 Å². The van der Waals surface area contributed by atoms with E-state index >= 15 is 0 Å². The number of piperidine rings is 1. The molecule has 6 amide bonds. The van der Waals surface area contributed by atoms with Gasteiger partial charge in [0, 0.05) is 17.7 Å². The molecule has 186 valence electrons. The van der Waals surface area contributed by atoms with Gasteiger partial charge in [0.2, 0.25) is 11.8 Å². The summed E-state index contributed by atoms with van der Waals surface area (Å²) in [6.07, 6.45) is 2.37. The standard InChI is InChI=1S/C27H22N4O6/c32-22-11-10-21(23(33)30-22)31-26(36)19-9-6-15(13-20(19)27(31)37)3-2-12-28-24(34)25(35)29-18-5-1-4-17(14-18)16-7-8-16/h1,4-6,9,13-14,16,21H,7-8,10-12H2,(H,28,34)(H,29,35)(H,30,32,33). The molecule has 0 bridgehead atoms. The van der Waals surface area contributed by atoms with Crippen molar-refractivity contribution in [2.75, 3.05) is 11.9 Å². The van der Waals surface area contributed by atoms with Crippen LogP contribution in [-0.4, -0.2) is 52.9 Å². The van der Waals surface area contributed by atoms with Gasteiger partial charge in [-0.15, -0.1) is 0 Å². The molecule has 1 aliphatic carbocycles. The van der Waals surface area contributed by atoms with E-state index in [4.69, 9.17) is 0 Å². The number of carbonyl (C=O) groups excluding carboxylic acids is 6. The van der Waals surface area contributed by atoms with Crippen LogP contribution in [0, 0.1) is 11.8 Å². The lowest BCUT2D eigenvalue weighted by Crippen LogP contribution is -2.54. The lowest BCUT2D eigenvalue weighted by atomic mass is 10.0. The van der Waals surface area contributed by atoms with E-state index in [9.17, 15) is 28.8 Å². The van der Waals surface area contributed by atoms with Gasteiger partial charge in [-0.2, -0.15) is 0 Å². The molecule has 2 fully saturated rings. The molecule has 0 spiro atoms. The van der Waals surface area contributed by atoms with Gasteiger partial charge >= 0.3 is 11.8 Å². The molecule has 2 aromatic carbocycles. The molecule has 1 atom stereocenters. The lowest BCUT2D eigenvalue weighted by molar-refractivity contribution is -0.136. The SMILES string of the molecule is O=C1CCC(N2C(=O)c3ccc(C#CCNC(=O)C(=O)Nc4cccc(C5CC5)c4)cc3C2=O)C(=O)N1. The van der Waals surface area contributed by atoms with E-state index < -0.39 is 41.5 Å². The normalized spacial score (nSPS) is 18.5. The highest BCUT2D eigenvalue weighted by Gasteiger charge is 2.44. The Hall–Kier alpha value is -4.78. The van der Waals surface area contributed by atoms with E-state index in [-0.39, 0.29) is 30.5 Å². The highest BCUT2D eigenvalue weighted by atomic mass is 16.2. The van der Waals surface area contributed by atoms with E-state index in [1.165, 1.54) is 12.1 Å². The Labute approximate surface area is 211 Å². The van der Waals surface area contributed by atoms with E-state index in [2.05, 4.69) is 27.8 Å². The summed E-state index contributed by atoms with van der Waals surface area (Å²) in [5, 5.41) is 7.15. The number of amides is 6. The quantitative estimate of drug-likeness (QED) is 0.327. The average Bonchev–Trinajstić information content (AvgIpc) is 3.70. The van der Waals surface area contributed by atoms with Crippen molar-refractivity contribution >= 4 is 41.1 Å². The van der Waals surface area contributed by atoms with Crippen molar-refractivity contribution in [3.63, 3.8) is 0 Å². The van der Waals surface area contributed by atoms with E-state index in [0.29, 0.717) is 17.2 Å². The summed E-state index contributed by atoms with van der Waals surface area (Å²) in [7, 11) is 0. The number of hydrogen-bond acceptors (Lipinski definition) is 6. The molecule has 1 unspecified atom stereocenters. The van der Waals surface area contributed by atoms with Crippen molar-refractivity contribution in [2.24, 2.45) is 0 Å². The van der Waals surface area contributed by atoms with Crippen LogP contribution in [0.5, 0.6) is 0 Å². The van der Waals surface area contributed by atoms with E-state index in [1.807, 2.05) is 18.2 Å². The molecular weight excluding hydrogens is 476 g/mol. The van der Waals surface area contributed by atoms with Crippen LogP contribution in [0.4, 0.5) is 5.69 Å². The van der Waals surface area contributed by atoms with Crippen LogP contribution >= 0.6 is 0 Å². The predicted octanol–water partition coefficient (Wildman–Crippen LogP) is 1.07. The summed E-state index contributed by atoms with van der Waals surface area (Å²) in [5.74, 6) is 2.04. The minimum absolute atomic E-state index is 0.0388. The zero-order chi connectivity index (χ0) is 26.1. The second-order valence-electron chi connectivity index (χ2n) is 9.05. The molecule has 10 heteroatoms. The molecule has 5 rings (SSSR count). The number of fused-ring (bicyclic) bond motifs is 1. The van der Waals surface area contributed by atoms with Gasteiger partial charge in [-0.05, 0) is 61.1 Å². The number of nitrogens with zero attached hydrogens (tertiary/aromatic N) is 1. The Morgan fingerprint density at radius 2 is 1.73 bits per heavy atom. The fourth-order valence-electron chi connectivity index (χ4n) is 4.37. The third-order valence-electron chi connectivity index (χ3n) is 6.41. The molecule has 1 saturated heterocycles. The predicted molar refractivity (Wildman–Crippen MR) is 130 cm³/mol. The Kier molecular flexibility index (Phi) is 6.27. The van der Waals surface area contributed by atoms with Crippen LogP contribution in [0.25, 0.3) is 0 Å². The number of anilines is 1. The molecule has 3 N–H and O–H groups in total. The zero-order valence-electron chi connectivity index (χ0n) is 19.6. The van der Waals surface area contributed by atoms with Gasteiger partial charge in [-0.25, -0.2) is 0 Å². The van der Waals surface area contributed by atoms with Gasteiger partial charge in [0.25, 0.3) is 11.8 Å². The average molecular weight is 498 g/mol. The maximum atomic E-state index is 12.9. The van der Waals surface area contributed by atoms with Gasteiger partial charge in [-0.3, -0.25) is 39.0 Å². The Balaban J connectivity index is 1.18. The van der Waals surface area contributed by atoms with Crippen molar-refractivity contribution in [2.45, 2.75) is 37.6 Å². The highest BCUT2D eigenvalue weighted by Crippen LogP contribution is 2.40. The number of nitrogens with one attached hydrogen (secondary N) is 3. The summed E-state index contributed by atoms with van der Waals surface area (Å²) in [4.78, 5) is 74.4. The molecule has 0 aromatic heterocycles. The monoisotopic (exact) mass is 498 g/mol. The van der Waals surface area contributed by atoms with Crippen LogP contribution in [0.2, 0.25) is 0 Å². The molecule has 2 aliphatic heterocycles. The van der Waals surface area contributed by atoms with Crippen molar-refractivity contribution in [1.82, 2.24) is 15.5 Å². The summed E-state index contributed by atoms with van der Waals surface area (Å²) < 4.78 is 0. The van der Waals surface area contributed by atoms with Crippen LogP contribution in [-0.2, 0) is 19.2 Å². The zero-order valence-corrected chi connectivity index (χ0v) is 19.6. The fraction of sp³-hybridized carbons (Fsp3) is 0.259. The van der Waals surface area contributed by atoms with Gasteiger partial charge in [0.15, 0.2) is 0 Å². The second-order valence-corrected chi connectivity index (χ2v) is 9.05. The van der Waals surface area contributed by atoms with E-state index in [1.54, 1.807) is 12.1 Å². The lowest BCUT2D eigenvalue weighted by Gasteiger charge is -2.27.